The molecule has 0 aromatic heterocycles. The van der Waals surface area contributed by atoms with Gasteiger partial charge >= 0.3 is 11.9 Å². The summed E-state index contributed by atoms with van der Waals surface area (Å²) in [5.74, 6) is -2.62. The maximum absolute atomic E-state index is 12.2. The van der Waals surface area contributed by atoms with E-state index in [4.69, 9.17) is 4.74 Å². The number of ether oxygens (including phenoxy) is 2. The van der Waals surface area contributed by atoms with E-state index in [9.17, 15) is 24.6 Å². The molecule has 0 radical (unpaired) electrons. The SMILES string of the molecule is COC(=O)c1ccc(NC(=O)COC(=O)c2cc(O)c3ccccc3c2O)cc1. The van der Waals surface area contributed by atoms with Crippen LogP contribution in [0.3, 0.4) is 0 Å². The van der Waals surface area contributed by atoms with E-state index in [2.05, 4.69) is 10.1 Å². The van der Waals surface area contributed by atoms with Crippen molar-refractivity contribution < 1.29 is 34.1 Å². The van der Waals surface area contributed by atoms with Crippen molar-refractivity contribution in [3.05, 3.63) is 65.7 Å². The van der Waals surface area contributed by atoms with Gasteiger partial charge in [-0.3, -0.25) is 4.79 Å². The summed E-state index contributed by atoms with van der Waals surface area (Å²) in [5, 5.41) is 23.5. The Balaban J connectivity index is 1.65. The van der Waals surface area contributed by atoms with Gasteiger partial charge in [0.25, 0.3) is 5.91 Å². The third-order valence-electron chi connectivity index (χ3n) is 4.14. The number of phenolic OH excluding ortho intramolecular Hbond substituents is 2. The lowest BCUT2D eigenvalue weighted by atomic mass is 10.0. The maximum atomic E-state index is 12.2. The minimum absolute atomic E-state index is 0.194. The summed E-state index contributed by atoms with van der Waals surface area (Å²) in [6.45, 7) is -0.607. The Kier molecular flexibility index (Phi) is 5.64. The minimum atomic E-state index is -0.959. The third kappa shape index (κ3) is 4.27. The zero-order chi connectivity index (χ0) is 21.0. The zero-order valence-electron chi connectivity index (χ0n) is 15.3. The number of rotatable bonds is 5. The van der Waals surface area contributed by atoms with Crippen LogP contribution in [0.1, 0.15) is 20.7 Å². The highest BCUT2D eigenvalue weighted by molar-refractivity contribution is 6.04. The van der Waals surface area contributed by atoms with Crippen LogP contribution in [0.15, 0.2) is 54.6 Å². The second-order valence-electron chi connectivity index (χ2n) is 6.03. The molecule has 0 fully saturated rings. The highest BCUT2D eigenvalue weighted by Crippen LogP contribution is 2.35. The van der Waals surface area contributed by atoms with Gasteiger partial charge in [0.2, 0.25) is 0 Å². The molecule has 0 aliphatic carbocycles. The quantitative estimate of drug-likeness (QED) is 0.448. The second-order valence-corrected chi connectivity index (χ2v) is 6.03. The largest absolute Gasteiger partial charge is 0.507 e. The molecule has 3 N–H and O–H groups in total. The van der Waals surface area contributed by atoms with Gasteiger partial charge in [-0.1, -0.05) is 24.3 Å². The fourth-order valence-corrected chi connectivity index (χ4v) is 2.71. The number of esters is 2. The van der Waals surface area contributed by atoms with E-state index < -0.39 is 24.5 Å². The second kappa shape index (κ2) is 8.30. The average Bonchev–Trinajstić information content (AvgIpc) is 2.74. The monoisotopic (exact) mass is 395 g/mol. The number of amides is 1. The van der Waals surface area contributed by atoms with E-state index >= 15 is 0 Å². The molecule has 1 amide bonds. The lowest BCUT2D eigenvalue weighted by Gasteiger charge is -2.10. The van der Waals surface area contributed by atoms with Crippen LogP contribution in [-0.2, 0) is 14.3 Å². The minimum Gasteiger partial charge on any atom is -0.507 e. The van der Waals surface area contributed by atoms with Crippen LogP contribution in [0.25, 0.3) is 10.8 Å². The van der Waals surface area contributed by atoms with Crippen LogP contribution >= 0.6 is 0 Å². The van der Waals surface area contributed by atoms with Gasteiger partial charge in [-0.2, -0.15) is 0 Å². The first-order chi connectivity index (χ1) is 13.9. The van der Waals surface area contributed by atoms with E-state index in [1.54, 1.807) is 24.3 Å². The molecular weight excluding hydrogens is 378 g/mol. The molecule has 3 rings (SSSR count). The van der Waals surface area contributed by atoms with Gasteiger partial charge < -0.3 is 25.0 Å². The van der Waals surface area contributed by atoms with Crippen molar-refractivity contribution in [3.63, 3.8) is 0 Å². The Labute approximate surface area is 165 Å². The van der Waals surface area contributed by atoms with Crippen LogP contribution in [0.5, 0.6) is 11.5 Å². The molecule has 29 heavy (non-hydrogen) atoms. The number of carbonyl (C=O) groups is 3. The first kappa shape index (κ1) is 19.7. The van der Waals surface area contributed by atoms with Gasteiger partial charge in [-0.15, -0.1) is 0 Å². The number of phenols is 2. The number of methoxy groups -OCH3 is 1. The van der Waals surface area contributed by atoms with Crippen LogP contribution in [-0.4, -0.2) is 41.8 Å². The van der Waals surface area contributed by atoms with E-state index in [0.29, 0.717) is 16.6 Å². The molecule has 0 atom stereocenters. The van der Waals surface area contributed by atoms with Crippen molar-refractivity contribution in [2.75, 3.05) is 19.0 Å². The fourth-order valence-electron chi connectivity index (χ4n) is 2.71. The molecule has 0 unspecified atom stereocenters. The van der Waals surface area contributed by atoms with E-state index in [0.717, 1.165) is 6.07 Å². The van der Waals surface area contributed by atoms with Gasteiger partial charge in [0.15, 0.2) is 6.61 Å². The fraction of sp³-hybridized carbons (Fsp3) is 0.0952. The number of hydrogen-bond donors (Lipinski definition) is 3. The molecule has 0 bridgehead atoms. The van der Waals surface area contributed by atoms with Crippen LogP contribution in [0, 0.1) is 0 Å². The van der Waals surface area contributed by atoms with E-state index in [1.807, 2.05) is 0 Å². The molecule has 3 aromatic rings. The molecule has 148 valence electrons. The normalized spacial score (nSPS) is 10.4. The lowest BCUT2D eigenvalue weighted by molar-refractivity contribution is -0.119. The molecule has 8 heteroatoms. The van der Waals surface area contributed by atoms with Gasteiger partial charge in [0.05, 0.1) is 12.7 Å². The van der Waals surface area contributed by atoms with Crippen molar-refractivity contribution in [2.24, 2.45) is 0 Å². The first-order valence-corrected chi connectivity index (χ1v) is 8.49. The van der Waals surface area contributed by atoms with Crippen molar-refractivity contribution in [1.82, 2.24) is 0 Å². The highest BCUT2D eigenvalue weighted by atomic mass is 16.5. The van der Waals surface area contributed by atoms with E-state index in [1.165, 1.54) is 31.4 Å². The predicted octanol–water partition coefficient (Wildman–Crippen LogP) is 2.83. The summed E-state index contributed by atoms with van der Waals surface area (Å²) in [6, 6.07) is 13.5. The Bertz CT molecular complexity index is 1090. The highest BCUT2D eigenvalue weighted by Gasteiger charge is 2.19. The number of benzene rings is 3. The molecule has 0 saturated heterocycles. The Morgan fingerprint density at radius 3 is 2.24 bits per heavy atom. The molecule has 3 aromatic carbocycles. The third-order valence-corrected chi connectivity index (χ3v) is 4.14. The Morgan fingerprint density at radius 2 is 1.59 bits per heavy atom. The summed E-state index contributed by atoms with van der Waals surface area (Å²) in [5.41, 5.74) is 0.463. The summed E-state index contributed by atoms with van der Waals surface area (Å²) in [4.78, 5) is 35.6. The number of aromatic hydroxyl groups is 2. The van der Waals surface area contributed by atoms with Crippen LogP contribution < -0.4 is 5.32 Å². The van der Waals surface area contributed by atoms with Gasteiger partial charge in [0, 0.05) is 16.5 Å². The molecule has 0 heterocycles. The van der Waals surface area contributed by atoms with Crippen molar-refractivity contribution >= 4 is 34.3 Å². The molecule has 0 aliphatic heterocycles. The Morgan fingerprint density at radius 1 is 0.931 bits per heavy atom. The number of anilines is 1. The molecule has 0 saturated carbocycles. The molecule has 0 aliphatic rings. The van der Waals surface area contributed by atoms with Crippen molar-refractivity contribution in [2.45, 2.75) is 0 Å². The van der Waals surface area contributed by atoms with Gasteiger partial charge in [0.1, 0.15) is 17.1 Å². The van der Waals surface area contributed by atoms with Crippen molar-refractivity contribution in [1.29, 1.82) is 0 Å². The topological polar surface area (TPSA) is 122 Å². The Hall–Kier alpha value is -4.07. The standard InChI is InChI=1S/C21H17NO7/c1-28-20(26)12-6-8-13(9-7-12)22-18(24)11-29-21(27)16-10-17(23)14-4-2-3-5-15(14)19(16)25/h2-10,23,25H,11H2,1H3,(H,22,24). The van der Waals surface area contributed by atoms with Crippen LogP contribution in [0.4, 0.5) is 5.69 Å². The molecule has 8 nitrogen and oxygen atoms in total. The van der Waals surface area contributed by atoms with Gasteiger partial charge in [-0.05, 0) is 30.3 Å². The zero-order valence-corrected chi connectivity index (χ0v) is 15.3. The lowest BCUT2D eigenvalue weighted by Crippen LogP contribution is -2.21. The number of hydrogen-bond acceptors (Lipinski definition) is 7. The number of nitrogens with one attached hydrogen (secondary N) is 1. The summed E-state index contributed by atoms with van der Waals surface area (Å²) < 4.78 is 9.52. The molecule has 0 spiro atoms. The molecular formula is C21H17NO7. The summed E-state index contributed by atoms with van der Waals surface area (Å²) in [6.07, 6.45) is 0. The summed E-state index contributed by atoms with van der Waals surface area (Å²) in [7, 11) is 1.26. The maximum Gasteiger partial charge on any atom is 0.342 e. The summed E-state index contributed by atoms with van der Waals surface area (Å²) >= 11 is 0. The van der Waals surface area contributed by atoms with E-state index in [-0.39, 0.29) is 22.4 Å². The number of carbonyl (C=O) groups excluding carboxylic acids is 3. The average molecular weight is 395 g/mol. The smallest absolute Gasteiger partial charge is 0.342 e. The van der Waals surface area contributed by atoms with Crippen LogP contribution in [0.2, 0.25) is 0 Å². The van der Waals surface area contributed by atoms with Gasteiger partial charge in [-0.25, -0.2) is 9.59 Å². The first-order valence-electron chi connectivity index (χ1n) is 8.49. The predicted molar refractivity (Wildman–Crippen MR) is 104 cm³/mol. The number of fused-ring (bicyclic) bond motifs is 1. The van der Waals surface area contributed by atoms with Crippen molar-refractivity contribution in [3.8, 4) is 11.5 Å².